The molecule has 0 fully saturated rings. The molecule has 0 spiro atoms. The smallest absolute Gasteiger partial charge is 0.330 e. The first-order valence-electron chi connectivity index (χ1n) is 6.22. The Balaban J connectivity index is 2.74. The number of carbonyl (C=O) groups is 1. The van der Waals surface area contributed by atoms with Crippen molar-refractivity contribution in [3.05, 3.63) is 35.9 Å². The minimum absolute atomic E-state index is 0.0760. The summed E-state index contributed by atoms with van der Waals surface area (Å²) in [4.78, 5) is 11.6. The highest BCUT2D eigenvalue weighted by molar-refractivity contribution is 5.81. The fourth-order valence-corrected chi connectivity index (χ4v) is 1.85. The number of likely N-dealkylation sites (N-methyl/N-ethyl adjacent to an activating group) is 1. The molecule has 1 rings (SSSR count). The third kappa shape index (κ3) is 4.02. The zero-order chi connectivity index (χ0) is 14.1. The Bertz CT molecular complexity index is 382. The number of nitrogens with one attached hydrogen (secondary N) is 1. The quantitative estimate of drug-likeness (QED) is 0.659. The van der Waals surface area contributed by atoms with Gasteiger partial charge in [0.2, 0.25) is 0 Å². The summed E-state index contributed by atoms with van der Waals surface area (Å²) in [6.45, 7) is 1.15. The average molecular weight is 267 g/mol. The molecular weight excluding hydrogens is 246 g/mol. The predicted octanol–water partition coefficient (Wildman–Crippen LogP) is 1.24. The Morgan fingerprint density at radius 3 is 2.53 bits per heavy atom. The molecule has 0 aliphatic rings. The lowest BCUT2D eigenvalue weighted by molar-refractivity contribution is -0.148. The molecule has 0 saturated carbocycles. The molecule has 1 unspecified atom stereocenters. The Morgan fingerprint density at radius 1 is 1.32 bits per heavy atom. The van der Waals surface area contributed by atoms with Crippen LogP contribution in [0.5, 0.6) is 0 Å². The van der Waals surface area contributed by atoms with E-state index in [1.807, 2.05) is 18.2 Å². The van der Waals surface area contributed by atoms with Crippen LogP contribution in [-0.2, 0) is 19.8 Å². The SMILES string of the molecule is CNC(COCCCOC)(C(=O)O)c1ccccc1. The molecule has 0 radical (unpaired) electrons. The number of hydrogen-bond donors (Lipinski definition) is 2. The third-order valence-corrected chi connectivity index (χ3v) is 3.01. The van der Waals surface area contributed by atoms with E-state index in [0.29, 0.717) is 18.8 Å². The van der Waals surface area contributed by atoms with E-state index in [1.54, 1.807) is 26.3 Å². The van der Waals surface area contributed by atoms with Gasteiger partial charge in [-0.2, -0.15) is 0 Å². The van der Waals surface area contributed by atoms with Gasteiger partial charge in [-0.1, -0.05) is 30.3 Å². The Hall–Kier alpha value is -1.43. The van der Waals surface area contributed by atoms with E-state index in [0.717, 1.165) is 6.42 Å². The van der Waals surface area contributed by atoms with Crippen molar-refractivity contribution in [2.45, 2.75) is 12.0 Å². The Morgan fingerprint density at radius 2 is 2.00 bits per heavy atom. The molecule has 5 nitrogen and oxygen atoms in total. The molecule has 0 heterocycles. The fourth-order valence-electron chi connectivity index (χ4n) is 1.85. The van der Waals surface area contributed by atoms with Crippen molar-refractivity contribution in [2.75, 3.05) is 34.0 Å². The maximum Gasteiger partial charge on any atom is 0.330 e. The number of aliphatic carboxylic acids is 1. The molecular formula is C14H21NO4. The molecule has 0 aromatic heterocycles. The van der Waals surface area contributed by atoms with Crippen molar-refractivity contribution >= 4 is 5.97 Å². The van der Waals surface area contributed by atoms with Crippen LogP contribution in [0.1, 0.15) is 12.0 Å². The number of methoxy groups -OCH3 is 1. The van der Waals surface area contributed by atoms with E-state index in [2.05, 4.69) is 5.32 Å². The summed E-state index contributed by atoms with van der Waals surface area (Å²) in [6.07, 6.45) is 0.741. The molecule has 106 valence electrons. The maximum atomic E-state index is 11.6. The average Bonchev–Trinajstić information content (AvgIpc) is 2.44. The molecule has 1 atom stereocenters. The van der Waals surface area contributed by atoms with Crippen LogP contribution in [0.2, 0.25) is 0 Å². The van der Waals surface area contributed by atoms with Crippen LogP contribution >= 0.6 is 0 Å². The van der Waals surface area contributed by atoms with Crippen molar-refractivity contribution < 1.29 is 19.4 Å². The second-order valence-corrected chi connectivity index (χ2v) is 4.23. The first-order chi connectivity index (χ1) is 9.17. The zero-order valence-corrected chi connectivity index (χ0v) is 11.4. The van der Waals surface area contributed by atoms with Crippen LogP contribution in [0.4, 0.5) is 0 Å². The van der Waals surface area contributed by atoms with E-state index < -0.39 is 11.5 Å². The van der Waals surface area contributed by atoms with E-state index in [4.69, 9.17) is 9.47 Å². The standard InChI is InChI=1S/C14H21NO4/c1-15-14(13(16)17,11-19-10-6-9-18-2)12-7-4-3-5-8-12/h3-5,7-8,15H,6,9-11H2,1-2H3,(H,16,17). The molecule has 0 bridgehead atoms. The van der Waals surface area contributed by atoms with Crippen LogP contribution in [0.15, 0.2) is 30.3 Å². The van der Waals surface area contributed by atoms with Crippen molar-refractivity contribution in [3.8, 4) is 0 Å². The number of benzene rings is 1. The lowest BCUT2D eigenvalue weighted by Crippen LogP contribution is -2.51. The van der Waals surface area contributed by atoms with Crippen LogP contribution in [0.3, 0.4) is 0 Å². The number of carboxylic acid groups (broad SMARTS) is 1. The summed E-state index contributed by atoms with van der Waals surface area (Å²) in [5, 5.41) is 12.4. The van der Waals surface area contributed by atoms with Gasteiger partial charge in [0.1, 0.15) is 0 Å². The largest absolute Gasteiger partial charge is 0.480 e. The highest BCUT2D eigenvalue weighted by Crippen LogP contribution is 2.21. The predicted molar refractivity (Wildman–Crippen MR) is 72.1 cm³/mol. The summed E-state index contributed by atoms with van der Waals surface area (Å²) in [6, 6.07) is 9.04. The number of hydrogen-bond acceptors (Lipinski definition) is 4. The molecule has 1 aromatic carbocycles. The van der Waals surface area contributed by atoms with Gasteiger partial charge < -0.3 is 14.6 Å². The van der Waals surface area contributed by atoms with Crippen molar-refractivity contribution in [1.82, 2.24) is 5.32 Å². The van der Waals surface area contributed by atoms with Gasteiger partial charge in [-0.25, -0.2) is 4.79 Å². The molecule has 5 heteroatoms. The van der Waals surface area contributed by atoms with Crippen molar-refractivity contribution in [3.63, 3.8) is 0 Å². The van der Waals surface area contributed by atoms with Gasteiger partial charge in [-0.3, -0.25) is 5.32 Å². The van der Waals surface area contributed by atoms with E-state index >= 15 is 0 Å². The fraction of sp³-hybridized carbons (Fsp3) is 0.500. The molecule has 1 aromatic rings. The van der Waals surface area contributed by atoms with Crippen LogP contribution < -0.4 is 5.32 Å². The maximum absolute atomic E-state index is 11.6. The topological polar surface area (TPSA) is 67.8 Å². The summed E-state index contributed by atoms with van der Waals surface area (Å²) < 4.78 is 10.4. The van der Waals surface area contributed by atoms with Gasteiger partial charge in [0.05, 0.1) is 6.61 Å². The summed E-state index contributed by atoms with van der Waals surface area (Å²) in [7, 11) is 3.25. The Labute approximate surface area is 113 Å². The summed E-state index contributed by atoms with van der Waals surface area (Å²) in [5.41, 5.74) is -0.536. The van der Waals surface area contributed by atoms with E-state index in [-0.39, 0.29) is 6.61 Å². The van der Waals surface area contributed by atoms with Crippen LogP contribution in [0, 0.1) is 0 Å². The molecule has 0 aliphatic heterocycles. The zero-order valence-electron chi connectivity index (χ0n) is 11.4. The second kappa shape index (κ2) is 7.89. The lowest BCUT2D eigenvalue weighted by Gasteiger charge is -2.29. The summed E-state index contributed by atoms with van der Waals surface area (Å²) in [5.74, 6) is -0.951. The molecule has 0 aliphatic carbocycles. The monoisotopic (exact) mass is 267 g/mol. The Kier molecular flexibility index (Phi) is 6.49. The van der Waals surface area contributed by atoms with Gasteiger partial charge in [-0.15, -0.1) is 0 Å². The van der Waals surface area contributed by atoms with Crippen molar-refractivity contribution in [2.24, 2.45) is 0 Å². The van der Waals surface area contributed by atoms with E-state index in [1.165, 1.54) is 0 Å². The highest BCUT2D eigenvalue weighted by atomic mass is 16.5. The van der Waals surface area contributed by atoms with Gasteiger partial charge >= 0.3 is 5.97 Å². The number of carboxylic acids is 1. The lowest BCUT2D eigenvalue weighted by atomic mass is 9.91. The van der Waals surface area contributed by atoms with Gasteiger partial charge in [-0.05, 0) is 19.0 Å². The van der Waals surface area contributed by atoms with E-state index in [9.17, 15) is 9.90 Å². The number of rotatable bonds is 9. The third-order valence-electron chi connectivity index (χ3n) is 3.01. The van der Waals surface area contributed by atoms with Crippen molar-refractivity contribution in [1.29, 1.82) is 0 Å². The minimum atomic E-state index is -1.21. The van der Waals surface area contributed by atoms with Gasteiger partial charge in [0.25, 0.3) is 0 Å². The number of ether oxygens (including phenoxy) is 2. The molecule has 2 N–H and O–H groups in total. The normalized spacial score (nSPS) is 14.0. The first-order valence-corrected chi connectivity index (χ1v) is 6.22. The van der Waals surface area contributed by atoms with Gasteiger partial charge in [0, 0.05) is 20.3 Å². The second-order valence-electron chi connectivity index (χ2n) is 4.23. The van der Waals surface area contributed by atoms with Gasteiger partial charge in [0.15, 0.2) is 5.54 Å². The highest BCUT2D eigenvalue weighted by Gasteiger charge is 2.39. The van der Waals surface area contributed by atoms with Crippen LogP contribution in [0.25, 0.3) is 0 Å². The minimum Gasteiger partial charge on any atom is -0.480 e. The first kappa shape index (κ1) is 15.6. The van der Waals surface area contributed by atoms with Crippen LogP contribution in [-0.4, -0.2) is 45.1 Å². The molecule has 19 heavy (non-hydrogen) atoms. The molecule has 0 amide bonds. The summed E-state index contributed by atoms with van der Waals surface area (Å²) >= 11 is 0. The molecule has 0 saturated heterocycles.